The van der Waals surface area contributed by atoms with E-state index in [1.54, 1.807) is 0 Å². The minimum absolute atomic E-state index is 0.0229. The fourth-order valence-corrected chi connectivity index (χ4v) is 1.03. The molecule has 1 amide bonds. The van der Waals surface area contributed by atoms with Gasteiger partial charge in [0, 0.05) is 19.0 Å². The minimum Gasteiger partial charge on any atom is -0.478 e. The predicted molar refractivity (Wildman–Crippen MR) is 57.9 cm³/mol. The maximum Gasteiger partial charge on any atom is 0.337 e. The minimum atomic E-state index is -1.09. The second-order valence-corrected chi connectivity index (χ2v) is 3.02. The first-order chi connectivity index (χ1) is 7.63. The summed E-state index contributed by atoms with van der Waals surface area (Å²) >= 11 is 0. The summed E-state index contributed by atoms with van der Waals surface area (Å²) in [4.78, 5) is 25.6. The molecule has 2 N–H and O–H groups in total. The molecule has 0 aliphatic rings. The van der Waals surface area contributed by atoms with Gasteiger partial charge in [-0.3, -0.25) is 9.78 Å². The third-order valence-corrected chi connectivity index (χ3v) is 1.77. The molecular formula is C11H10N2O3. The lowest BCUT2D eigenvalue weighted by Crippen LogP contribution is -2.11. The smallest absolute Gasteiger partial charge is 0.337 e. The van der Waals surface area contributed by atoms with Crippen molar-refractivity contribution in [1.29, 1.82) is 0 Å². The zero-order valence-corrected chi connectivity index (χ0v) is 8.43. The highest BCUT2D eigenvalue weighted by Gasteiger charge is 2.06. The number of aromatic carboxylic acids is 1. The number of carboxylic acid groups (broad SMARTS) is 1. The Bertz CT molecular complexity index is 449. The summed E-state index contributed by atoms with van der Waals surface area (Å²) in [5, 5.41) is 11.2. The molecule has 16 heavy (non-hydrogen) atoms. The number of nitrogens with zero attached hydrogens (tertiary/aromatic N) is 1. The van der Waals surface area contributed by atoms with Crippen LogP contribution in [-0.2, 0) is 4.79 Å². The lowest BCUT2D eigenvalue weighted by Gasteiger charge is -2.03. The van der Waals surface area contributed by atoms with Gasteiger partial charge in [-0.1, -0.05) is 0 Å². The molecule has 0 spiro atoms. The largest absolute Gasteiger partial charge is 0.478 e. The molecule has 1 aromatic rings. The molecule has 0 radical (unpaired) electrons. The molecule has 0 aliphatic heterocycles. The highest BCUT2D eigenvalue weighted by atomic mass is 16.4. The number of aromatic nitrogens is 1. The molecule has 0 atom stereocenters. The van der Waals surface area contributed by atoms with E-state index in [0.29, 0.717) is 12.1 Å². The fourth-order valence-electron chi connectivity index (χ4n) is 1.03. The van der Waals surface area contributed by atoms with Gasteiger partial charge in [-0.25, -0.2) is 4.79 Å². The van der Waals surface area contributed by atoms with Crippen molar-refractivity contribution in [1.82, 2.24) is 4.98 Å². The number of amides is 1. The number of anilines is 1. The van der Waals surface area contributed by atoms with Crippen LogP contribution in [0.1, 0.15) is 23.2 Å². The highest BCUT2D eigenvalue weighted by Crippen LogP contribution is 2.08. The van der Waals surface area contributed by atoms with Crippen LogP contribution in [0.2, 0.25) is 0 Å². The molecule has 0 aromatic carbocycles. The Hall–Kier alpha value is -2.35. The van der Waals surface area contributed by atoms with Crippen LogP contribution >= 0.6 is 0 Å². The summed E-state index contributed by atoms with van der Waals surface area (Å²) in [7, 11) is 0. The Kier molecular flexibility index (Phi) is 4.04. The highest BCUT2D eigenvalue weighted by molar-refractivity contribution is 5.93. The Morgan fingerprint density at radius 2 is 2.25 bits per heavy atom. The van der Waals surface area contributed by atoms with Crippen LogP contribution in [-0.4, -0.2) is 22.0 Å². The van der Waals surface area contributed by atoms with Crippen molar-refractivity contribution < 1.29 is 14.7 Å². The second kappa shape index (κ2) is 5.51. The van der Waals surface area contributed by atoms with E-state index < -0.39 is 5.97 Å². The number of pyridine rings is 1. The average molecular weight is 218 g/mol. The summed E-state index contributed by atoms with van der Waals surface area (Å²) in [5.74, 6) is 0.991. The summed E-state index contributed by atoms with van der Waals surface area (Å²) in [6.45, 7) is 0. The number of carboxylic acids is 1. The van der Waals surface area contributed by atoms with Gasteiger partial charge in [0.25, 0.3) is 0 Å². The first-order valence-corrected chi connectivity index (χ1v) is 4.55. The van der Waals surface area contributed by atoms with Crippen LogP contribution in [0.15, 0.2) is 18.5 Å². The van der Waals surface area contributed by atoms with E-state index in [4.69, 9.17) is 11.5 Å². The summed E-state index contributed by atoms with van der Waals surface area (Å²) in [5.41, 5.74) is 0.372. The van der Waals surface area contributed by atoms with Crippen molar-refractivity contribution >= 4 is 17.6 Å². The average Bonchev–Trinajstić information content (AvgIpc) is 2.26. The van der Waals surface area contributed by atoms with Crippen molar-refractivity contribution in [2.75, 3.05) is 5.32 Å². The van der Waals surface area contributed by atoms with Crippen molar-refractivity contribution in [3.05, 3.63) is 24.0 Å². The number of hydrogen-bond donors (Lipinski definition) is 2. The fraction of sp³-hybridized carbons (Fsp3) is 0.182. The van der Waals surface area contributed by atoms with Crippen LogP contribution in [0.4, 0.5) is 5.69 Å². The van der Waals surface area contributed by atoms with Gasteiger partial charge in [0.2, 0.25) is 5.91 Å². The van der Waals surface area contributed by atoms with Crippen LogP contribution in [0.3, 0.4) is 0 Å². The molecule has 0 unspecified atom stereocenters. The van der Waals surface area contributed by atoms with E-state index in [1.165, 1.54) is 18.5 Å². The van der Waals surface area contributed by atoms with E-state index in [1.807, 2.05) is 0 Å². The summed E-state index contributed by atoms with van der Waals surface area (Å²) in [6.07, 6.45) is 8.14. The third-order valence-electron chi connectivity index (χ3n) is 1.77. The zero-order valence-electron chi connectivity index (χ0n) is 8.43. The number of hydrogen-bond acceptors (Lipinski definition) is 3. The monoisotopic (exact) mass is 218 g/mol. The first kappa shape index (κ1) is 11.7. The van der Waals surface area contributed by atoms with Crippen LogP contribution in [0.25, 0.3) is 0 Å². The molecule has 0 bridgehead atoms. The molecule has 0 saturated heterocycles. The Balaban J connectivity index is 2.67. The van der Waals surface area contributed by atoms with Gasteiger partial charge in [-0.05, 0) is 6.07 Å². The molecule has 1 heterocycles. The van der Waals surface area contributed by atoms with Crippen molar-refractivity contribution in [2.45, 2.75) is 12.8 Å². The SMILES string of the molecule is C#CCCC(=O)Nc1cncc(C(=O)O)c1. The van der Waals surface area contributed by atoms with E-state index in [9.17, 15) is 9.59 Å². The zero-order chi connectivity index (χ0) is 12.0. The van der Waals surface area contributed by atoms with Gasteiger partial charge >= 0.3 is 5.97 Å². The Morgan fingerprint density at radius 1 is 1.50 bits per heavy atom. The van der Waals surface area contributed by atoms with E-state index in [2.05, 4.69) is 16.2 Å². The topological polar surface area (TPSA) is 79.3 Å². The van der Waals surface area contributed by atoms with Crippen LogP contribution in [0.5, 0.6) is 0 Å². The number of carbonyl (C=O) groups is 2. The number of carbonyl (C=O) groups excluding carboxylic acids is 1. The van der Waals surface area contributed by atoms with Crippen molar-refractivity contribution in [3.8, 4) is 12.3 Å². The van der Waals surface area contributed by atoms with Gasteiger partial charge < -0.3 is 10.4 Å². The molecule has 1 aromatic heterocycles. The lowest BCUT2D eigenvalue weighted by molar-refractivity contribution is -0.116. The molecule has 0 fully saturated rings. The van der Waals surface area contributed by atoms with Gasteiger partial charge in [0.15, 0.2) is 0 Å². The van der Waals surface area contributed by atoms with Crippen molar-refractivity contribution in [2.24, 2.45) is 0 Å². The molecule has 82 valence electrons. The maximum atomic E-state index is 11.3. The third kappa shape index (κ3) is 3.42. The van der Waals surface area contributed by atoms with Gasteiger partial charge in [-0.2, -0.15) is 0 Å². The van der Waals surface area contributed by atoms with E-state index in [0.717, 1.165) is 0 Å². The van der Waals surface area contributed by atoms with E-state index >= 15 is 0 Å². The van der Waals surface area contributed by atoms with Crippen LogP contribution in [0, 0.1) is 12.3 Å². The predicted octanol–water partition coefficient (Wildman–Crippen LogP) is 1.13. The number of rotatable bonds is 4. The molecule has 0 aliphatic carbocycles. The lowest BCUT2D eigenvalue weighted by atomic mass is 10.2. The van der Waals surface area contributed by atoms with Gasteiger partial charge in [-0.15, -0.1) is 12.3 Å². The maximum absolute atomic E-state index is 11.3. The number of nitrogens with one attached hydrogen (secondary N) is 1. The summed E-state index contributed by atoms with van der Waals surface area (Å²) in [6, 6.07) is 1.34. The normalized spacial score (nSPS) is 9.19. The molecule has 0 saturated carbocycles. The molecule has 1 rings (SSSR count). The summed E-state index contributed by atoms with van der Waals surface area (Å²) < 4.78 is 0. The van der Waals surface area contributed by atoms with E-state index in [-0.39, 0.29) is 17.9 Å². The second-order valence-electron chi connectivity index (χ2n) is 3.02. The number of terminal acetylenes is 1. The van der Waals surface area contributed by atoms with Crippen LogP contribution < -0.4 is 5.32 Å². The Morgan fingerprint density at radius 3 is 2.88 bits per heavy atom. The quantitative estimate of drug-likeness (QED) is 0.742. The van der Waals surface area contributed by atoms with Crippen molar-refractivity contribution in [3.63, 3.8) is 0 Å². The first-order valence-electron chi connectivity index (χ1n) is 4.55. The Labute approximate surface area is 92.5 Å². The molecule has 5 nitrogen and oxygen atoms in total. The molecule has 5 heteroatoms. The van der Waals surface area contributed by atoms with Gasteiger partial charge in [0.05, 0.1) is 17.4 Å². The standard InChI is InChI=1S/C11H10N2O3/c1-2-3-4-10(14)13-9-5-8(11(15)16)6-12-7-9/h1,5-7H,3-4H2,(H,13,14)(H,15,16). The van der Waals surface area contributed by atoms with Gasteiger partial charge in [0.1, 0.15) is 0 Å². The molecular weight excluding hydrogens is 208 g/mol.